The Bertz CT molecular complexity index is 735. The van der Waals surface area contributed by atoms with Crippen LogP contribution in [-0.2, 0) is 10.0 Å². The van der Waals surface area contributed by atoms with Gasteiger partial charge in [0.15, 0.2) is 0 Å². The maximum atomic E-state index is 12.5. The van der Waals surface area contributed by atoms with Gasteiger partial charge in [0.05, 0.1) is 10.5 Å². The molecule has 140 valence electrons. The minimum atomic E-state index is -3.55. The van der Waals surface area contributed by atoms with Gasteiger partial charge in [-0.15, -0.1) is 0 Å². The predicted molar refractivity (Wildman–Crippen MR) is 107 cm³/mol. The molecule has 0 spiro atoms. The number of hydrogen-bond donors (Lipinski definition) is 1. The van der Waals surface area contributed by atoms with Gasteiger partial charge in [-0.1, -0.05) is 0 Å². The molecule has 1 N–H and O–H groups in total. The van der Waals surface area contributed by atoms with Crippen LogP contribution in [0.4, 0.5) is 0 Å². The fourth-order valence-electron chi connectivity index (χ4n) is 2.88. The molecule has 2 rings (SSSR count). The number of nitrogens with one attached hydrogen (secondary N) is 1. The van der Waals surface area contributed by atoms with Crippen LogP contribution >= 0.6 is 22.6 Å². The second-order valence-electron chi connectivity index (χ2n) is 6.88. The Morgan fingerprint density at radius 2 is 2.08 bits per heavy atom. The largest absolute Gasteiger partial charge is 0.352 e. The number of likely N-dealkylation sites (tertiary alicyclic amines) is 1. The van der Waals surface area contributed by atoms with Gasteiger partial charge in [0, 0.05) is 36.8 Å². The molecule has 1 amide bonds. The van der Waals surface area contributed by atoms with Crippen molar-refractivity contribution in [2.24, 2.45) is 5.92 Å². The summed E-state index contributed by atoms with van der Waals surface area (Å²) >= 11 is 2.06. The molecule has 1 aromatic rings. The second-order valence-corrected chi connectivity index (χ2v) is 10.2. The van der Waals surface area contributed by atoms with Crippen molar-refractivity contribution in [3.63, 3.8) is 0 Å². The van der Waals surface area contributed by atoms with E-state index in [0.717, 1.165) is 27.4 Å². The fraction of sp³-hybridized carbons (Fsp3) is 0.588. The quantitative estimate of drug-likeness (QED) is 0.634. The van der Waals surface area contributed by atoms with Gasteiger partial charge in [0.1, 0.15) is 0 Å². The van der Waals surface area contributed by atoms with E-state index in [4.69, 9.17) is 0 Å². The third-order valence-electron chi connectivity index (χ3n) is 4.56. The van der Waals surface area contributed by atoms with Crippen LogP contribution in [0.25, 0.3) is 0 Å². The molecule has 1 unspecified atom stereocenters. The predicted octanol–water partition coefficient (Wildman–Crippen LogP) is 2.00. The third-order valence-corrected chi connectivity index (χ3v) is 7.31. The van der Waals surface area contributed by atoms with Crippen molar-refractivity contribution in [3.05, 3.63) is 27.3 Å². The molecular formula is C17H26IN3O3S. The fourth-order valence-corrected chi connectivity index (χ4v) is 4.39. The minimum absolute atomic E-state index is 0.134. The van der Waals surface area contributed by atoms with Gasteiger partial charge < -0.3 is 10.2 Å². The van der Waals surface area contributed by atoms with Crippen molar-refractivity contribution in [3.8, 4) is 0 Å². The van der Waals surface area contributed by atoms with Gasteiger partial charge in [0.2, 0.25) is 10.0 Å². The lowest BCUT2D eigenvalue weighted by Gasteiger charge is -2.20. The number of rotatable bonds is 6. The van der Waals surface area contributed by atoms with Crippen molar-refractivity contribution < 1.29 is 13.2 Å². The molecule has 1 saturated heterocycles. The Balaban J connectivity index is 2.07. The Kier molecular flexibility index (Phi) is 6.86. The SMILES string of the molecule is CC(C)N1CCC(CNC(=O)c2cc(S(=O)(=O)N(C)C)ccc2I)C1. The molecule has 1 aliphatic rings. The number of sulfonamides is 1. The van der Waals surface area contributed by atoms with Crippen LogP contribution in [0.1, 0.15) is 30.6 Å². The Morgan fingerprint density at radius 1 is 1.40 bits per heavy atom. The van der Waals surface area contributed by atoms with E-state index in [1.165, 1.54) is 26.2 Å². The first-order chi connectivity index (χ1) is 11.6. The normalized spacial score (nSPS) is 18.9. The van der Waals surface area contributed by atoms with Crippen LogP contribution in [-0.4, -0.2) is 63.3 Å². The Morgan fingerprint density at radius 3 is 2.64 bits per heavy atom. The summed E-state index contributed by atoms with van der Waals surface area (Å²) in [6.07, 6.45) is 1.07. The number of nitrogens with zero attached hydrogens (tertiary/aromatic N) is 2. The molecule has 0 bridgehead atoms. The van der Waals surface area contributed by atoms with Crippen molar-refractivity contribution in [1.29, 1.82) is 0 Å². The Labute approximate surface area is 164 Å². The molecule has 1 aliphatic heterocycles. The molecule has 0 aromatic heterocycles. The number of carbonyl (C=O) groups excluding carboxylic acids is 1. The summed E-state index contributed by atoms with van der Waals surface area (Å²) in [5.41, 5.74) is 0.405. The highest BCUT2D eigenvalue weighted by Crippen LogP contribution is 2.21. The highest BCUT2D eigenvalue weighted by molar-refractivity contribution is 14.1. The monoisotopic (exact) mass is 479 g/mol. The van der Waals surface area contributed by atoms with E-state index in [2.05, 4.69) is 46.7 Å². The first-order valence-corrected chi connectivity index (χ1v) is 10.9. The number of amides is 1. The zero-order valence-electron chi connectivity index (χ0n) is 15.1. The molecule has 8 heteroatoms. The lowest BCUT2D eigenvalue weighted by Crippen LogP contribution is -2.33. The smallest absolute Gasteiger partial charge is 0.252 e. The van der Waals surface area contributed by atoms with Crippen molar-refractivity contribution >= 4 is 38.5 Å². The van der Waals surface area contributed by atoms with E-state index in [0.29, 0.717) is 24.1 Å². The van der Waals surface area contributed by atoms with Crippen LogP contribution in [0.5, 0.6) is 0 Å². The van der Waals surface area contributed by atoms with Gasteiger partial charge >= 0.3 is 0 Å². The molecule has 0 aliphatic carbocycles. The van der Waals surface area contributed by atoms with E-state index >= 15 is 0 Å². The van der Waals surface area contributed by atoms with E-state index in [1.54, 1.807) is 6.07 Å². The van der Waals surface area contributed by atoms with Gasteiger partial charge in [0.25, 0.3) is 5.91 Å². The number of halogens is 1. The summed E-state index contributed by atoms with van der Waals surface area (Å²) in [5.74, 6) is 0.223. The zero-order valence-corrected chi connectivity index (χ0v) is 18.1. The van der Waals surface area contributed by atoms with Gasteiger partial charge in [-0.3, -0.25) is 4.79 Å². The molecule has 1 fully saturated rings. The van der Waals surface area contributed by atoms with Crippen LogP contribution in [0, 0.1) is 9.49 Å². The maximum Gasteiger partial charge on any atom is 0.252 e. The first kappa shape index (κ1) is 20.6. The molecule has 1 heterocycles. The summed E-state index contributed by atoms with van der Waals surface area (Å²) < 4.78 is 26.4. The lowest BCUT2D eigenvalue weighted by molar-refractivity contribution is 0.0946. The van der Waals surface area contributed by atoms with E-state index in [9.17, 15) is 13.2 Å². The molecule has 6 nitrogen and oxygen atoms in total. The molecule has 1 atom stereocenters. The van der Waals surface area contributed by atoms with Gasteiger partial charge in [-0.05, 0) is 73.5 Å². The summed E-state index contributed by atoms with van der Waals surface area (Å²) in [5, 5.41) is 2.97. The van der Waals surface area contributed by atoms with Gasteiger partial charge in [-0.2, -0.15) is 0 Å². The number of hydrogen-bond acceptors (Lipinski definition) is 4. The maximum absolute atomic E-state index is 12.5. The van der Waals surface area contributed by atoms with Crippen LogP contribution in [0.3, 0.4) is 0 Å². The average Bonchev–Trinajstić information content (AvgIpc) is 3.02. The number of carbonyl (C=O) groups is 1. The topological polar surface area (TPSA) is 69.7 Å². The highest BCUT2D eigenvalue weighted by atomic mass is 127. The lowest BCUT2D eigenvalue weighted by atomic mass is 10.1. The third kappa shape index (κ3) is 4.93. The van der Waals surface area contributed by atoms with Crippen LogP contribution in [0.2, 0.25) is 0 Å². The summed E-state index contributed by atoms with van der Waals surface area (Å²) in [6, 6.07) is 5.18. The van der Waals surface area contributed by atoms with Crippen molar-refractivity contribution in [1.82, 2.24) is 14.5 Å². The van der Waals surface area contributed by atoms with E-state index in [1.807, 2.05) is 0 Å². The molecule has 1 aromatic carbocycles. The van der Waals surface area contributed by atoms with E-state index in [-0.39, 0.29) is 10.8 Å². The van der Waals surface area contributed by atoms with E-state index < -0.39 is 10.0 Å². The molecular weight excluding hydrogens is 453 g/mol. The molecule has 0 saturated carbocycles. The molecule has 25 heavy (non-hydrogen) atoms. The summed E-state index contributed by atoms with van der Waals surface area (Å²) in [6.45, 7) is 7.03. The van der Waals surface area contributed by atoms with Gasteiger partial charge in [-0.25, -0.2) is 12.7 Å². The second kappa shape index (κ2) is 8.32. The molecule has 0 radical (unpaired) electrons. The zero-order chi connectivity index (χ0) is 18.8. The van der Waals surface area contributed by atoms with Crippen molar-refractivity contribution in [2.75, 3.05) is 33.7 Å². The first-order valence-electron chi connectivity index (χ1n) is 8.37. The summed E-state index contributed by atoms with van der Waals surface area (Å²) in [4.78, 5) is 15.1. The van der Waals surface area contributed by atoms with Crippen LogP contribution < -0.4 is 5.32 Å². The standard InChI is InChI=1S/C17H26IN3O3S/c1-12(2)21-8-7-13(11-21)10-19-17(22)15-9-14(5-6-16(15)18)25(23,24)20(3)4/h5-6,9,12-13H,7-8,10-11H2,1-4H3,(H,19,22). The summed E-state index contributed by atoms with van der Waals surface area (Å²) in [7, 11) is -0.594. The number of benzene rings is 1. The van der Waals surface area contributed by atoms with Crippen LogP contribution in [0.15, 0.2) is 23.1 Å². The minimum Gasteiger partial charge on any atom is -0.352 e. The average molecular weight is 479 g/mol. The Hall–Kier alpha value is -0.710. The van der Waals surface area contributed by atoms with Crippen molar-refractivity contribution in [2.45, 2.75) is 31.2 Å². The highest BCUT2D eigenvalue weighted by Gasteiger charge is 2.25.